The normalized spacial score (nSPS) is 13.0. The molecular formula is C15H24NO5P. The highest BCUT2D eigenvalue weighted by Crippen LogP contribution is 2.47. The molecule has 0 aromatic heterocycles. The largest absolute Gasteiger partial charge is 0.480 e. The maximum atomic E-state index is 12.3. The molecule has 0 bridgehead atoms. The van der Waals surface area contributed by atoms with Gasteiger partial charge in [0, 0.05) is 6.54 Å². The number of benzene rings is 1. The highest BCUT2D eigenvalue weighted by atomic mass is 31.2. The first kappa shape index (κ1) is 18.8. The van der Waals surface area contributed by atoms with Crippen LogP contribution in [0.4, 0.5) is 0 Å². The third-order valence-corrected chi connectivity index (χ3v) is 5.08. The first-order chi connectivity index (χ1) is 10.5. The molecule has 0 radical (unpaired) electrons. The lowest BCUT2D eigenvalue weighted by Gasteiger charge is -2.19. The van der Waals surface area contributed by atoms with Crippen molar-refractivity contribution in [3.8, 4) is 0 Å². The first-order valence-corrected chi connectivity index (χ1v) is 9.11. The zero-order chi connectivity index (χ0) is 16.4. The van der Waals surface area contributed by atoms with E-state index in [-0.39, 0.29) is 12.7 Å². The van der Waals surface area contributed by atoms with E-state index in [4.69, 9.17) is 9.05 Å². The summed E-state index contributed by atoms with van der Waals surface area (Å²) in [5.41, 5.74) is 0.931. The standard InChI is InChI=1S/C15H24NO5P/c1-3-20-22(19,21-4-2)11-10-16-14(15(17)18)12-13-8-6-5-7-9-13/h5-9,14,16H,3-4,10-12H2,1-2H3,(H,17,18)/t14-/m0/s1. The highest BCUT2D eigenvalue weighted by molar-refractivity contribution is 7.53. The maximum Gasteiger partial charge on any atom is 0.331 e. The van der Waals surface area contributed by atoms with Crippen molar-refractivity contribution in [1.82, 2.24) is 5.32 Å². The number of hydrogen-bond donors (Lipinski definition) is 2. The second-order valence-corrected chi connectivity index (χ2v) is 6.89. The summed E-state index contributed by atoms with van der Waals surface area (Å²) in [6.07, 6.45) is 0.511. The fraction of sp³-hybridized carbons (Fsp3) is 0.533. The quantitative estimate of drug-likeness (QED) is 0.607. The zero-order valence-corrected chi connectivity index (χ0v) is 13.9. The number of nitrogens with one attached hydrogen (secondary N) is 1. The number of carbonyl (C=O) groups is 1. The van der Waals surface area contributed by atoms with Gasteiger partial charge in [0.25, 0.3) is 0 Å². The Morgan fingerprint density at radius 3 is 2.32 bits per heavy atom. The van der Waals surface area contributed by atoms with Gasteiger partial charge in [0.05, 0.1) is 19.4 Å². The van der Waals surface area contributed by atoms with Crippen LogP contribution in [-0.2, 0) is 24.8 Å². The van der Waals surface area contributed by atoms with Crippen molar-refractivity contribution in [3.63, 3.8) is 0 Å². The average molecular weight is 329 g/mol. The van der Waals surface area contributed by atoms with Crippen LogP contribution in [0, 0.1) is 0 Å². The van der Waals surface area contributed by atoms with Gasteiger partial charge in [-0.2, -0.15) is 0 Å². The fourth-order valence-corrected chi connectivity index (χ4v) is 3.55. The summed E-state index contributed by atoms with van der Waals surface area (Å²) in [4.78, 5) is 11.3. The molecule has 0 fully saturated rings. The van der Waals surface area contributed by atoms with Crippen molar-refractivity contribution in [2.24, 2.45) is 0 Å². The molecule has 124 valence electrons. The van der Waals surface area contributed by atoms with Gasteiger partial charge in [0.15, 0.2) is 0 Å². The van der Waals surface area contributed by atoms with Crippen molar-refractivity contribution in [3.05, 3.63) is 35.9 Å². The fourth-order valence-electron chi connectivity index (χ4n) is 2.03. The molecule has 0 saturated heterocycles. The Balaban J connectivity index is 2.54. The van der Waals surface area contributed by atoms with Gasteiger partial charge in [-0.05, 0) is 25.8 Å². The summed E-state index contributed by atoms with van der Waals surface area (Å²) in [7, 11) is -3.14. The Hall–Kier alpha value is -1.20. The topological polar surface area (TPSA) is 84.9 Å². The summed E-state index contributed by atoms with van der Waals surface area (Å²) >= 11 is 0. The Labute approximate surface area is 131 Å². The summed E-state index contributed by atoms with van der Waals surface area (Å²) < 4.78 is 22.6. The summed E-state index contributed by atoms with van der Waals surface area (Å²) in [6.45, 7) is 4.33. The van der Waals surface area contributed by atoms with E-state index in [0.29, 0.717) is 19.6 Å². The van der Waals surface area contributed by atoms with Gasteiger partial charge >= 0.3 is 13.6 Å². The number of carboxylic acids is 1. The SMILES string of the molecule is CCOP(=O)(CCN[C@@H](Cc1ccccc1)C(=O)O)OCC. The van der Waals surface area contributed by atoms with Crippen LogP contribution in [0.2, 0.25) is 0 Å². The smallest absolute Gasteiger partial charge is 0.331 e. The summed E-state index contributed by atoms with van der Waals surface area (Å²) in [6, 6.07) is 8.64. The van der Waals surface area contributed by atoms with Gasteiger partial charge < -0.3 is 19.5 Å². The molecule has 0 amide bonds. The van der Waals surface area contributed by atoms with Crippen LogP contribution in [0.25, 0.3) is 0 Å². The molecule has 0 heterocycles. The Morgan fingerprint density at radius 1 is 1.23 bits per heavy atom. The molecule has 1 rings (SSSR count). The van der Waals surface area contributed by atoms with Crippen molar-refractivity contribution >= 4 is 13.6 Å². The molecule has 0 unspecified atom stereocenters. The molecule has 1 aromatic carbocycles. The second-order valence-electron chi connectivity index (χ2n) is 4.70. The van der Waals surface area contributed by atoms with Crippen LogP contribution in [0.5, 0.6) is 0 Å². The van der Waals surface area contributed by atoms with Crippen molar-refractivity contribution in [2.45, 2.75) is 26.3 Å². The van der Waals surface area contributed by atoms with Crippen LogP contribution in [0.3, 0.4) is 0 Å². The predicted molar refractivity (Wildman–Crippen MR) is 85.3 cm³/mol. The lowest BCUT2D eigenvalue weighted by molar-refractivity contribution is -0.139. The molecule has 0 aliphatic rings. The summed E-state index contributed by atoms with van der Waals surface area (Å²) in [5.74, 6) is -0.938. The Kier molecular flexibility index (Phi) is 8.35. The third-order valence-electron chi connectivity index (χ3n) is 3.01. The molecule has 2 N–H and O–H groups in total. The minimum Gasteiger partial charge on any atom is -0.480 e. The van der Waals surface area contributed by atoms with Gasteiger partial charge in [0.1, 0.15) is 6.04 Å². The Morgan fingerprint density at radius 2 is 1.82 bits per heavy atom. The second kappa shape index (κ2) is 9.74. The van der Waals surface area contributed by atoms with Crippen LogP contribution in [-0.4, -0.2) is 43.0 Å². The lowest BCUT2D eigenvalue weighted by atomic mass is 10.1. The van der Waals surface area contributed by atoms with Crippen LogP contribution in [0.1, 0.15) is 19.4 Å². The Bertz CT molecular complexity index is 484. The molecule has 0 saturated carbocycles. The minimum absolute atomic E-state index is 0.146. The number of aliphatic carboxylic acids is 1. The van der Waals surface area contributed by atoms with E-state index >= 15 is 0 Å². The molecule has 1 atom stereocenters. The van der Waals surface area contributed by atoms with Crippen LogP contribution < -0.4 is 5.32 Å². The molecule has 7 heteroatoms. The van der Waals surface area contributed by atoms with E-state index in [9.17, 15) is 14.5 Å². The highest BCUT2D eigenvalue weighted by Gasteiger charge is 2.24. The zero-order valence-electron chi connectivity index (χ0n) is 13.0. The van der Waals surface area contributed by atoms with Gasteiger partial charge in [0.2, 0.25) is 0 Å². The van der Waals surface area contributed by atoms with Crippen molar-refractivity contribution in [2.75, 3.05) is 25.9 Å². The first-order valence-electron chi connectivity index (χ1n) is 7.39. The molecule has 1 aromatic rings. The van der Waals surface area contributed by atoms with E-state index < -0.39 is 19.6 Å². The van der Waals surface area contributed by atoms with Crippen LogP contribution in [0.15, 0.2) is 30.3 Å². The number of rotatable bonds is 11. The monoisotopic (exact) mass is 329 g/mol. The van der Waals surface area contributed by atoms with Crippen molar-refractivity contribution < 1.29 is 23.5 Å². The molecule has 0 spiro atoms. The van der Waals surface area contributed by atoms with Crippen LogP contribution >= 0.6 is 7.60 Å². The van der Waals surface area contributed by atoms with E-state index in [1.807, 2.05) is 30.3 Å². The molecule has 6 nitrogen and oxygen atoms in total. The maximum absolute atomic E-state index is 12.3. The lowest BCUT2D eigenvalue weighted by Crippen LogP contribution is -2.40. The summed E-state index contributed by atoms with van der Waals surface area (Å²) in [5, 5.41) is 12.2. The molecular weight excluding hydrogens is 305 g/mol. The van der Waals surface area contributed by atoms with E-state index in [1.165, 1.54) is 0 Å². The van der Waals surface area contributed by atoms with Gasteiger partial charge in [-0.3, -0.25) is 9.36 Å². The molecule has 0 aliphatic heterocycles. The van der Waals surface area contributed by atoms with Gasteiger partial charge in [-0.1, -0.05) is 30.3 Å². The third kappa shape index (κ3) is 6.71. The number of hydrogen-bond acceptors (Lipinski definition) is 5. The van der Waals surface area contributed by atoms with E-state index in [0.717, 1.165) is 5.56 Å². The van der Waals surface area contributed by atoms with Gasteiger partial charge in [-0.25, -0.2) is 0 Å². The minimum atomic E-state index is -3.14. The van der Waals surface area contributed by atoms with Crippen molar-refractivity contribution in [1.29, 1.82) is 0 Å². The van der Waals surface area contributed by atoms with Gasteiger partial charge in [-0.15, -0.1) is 0 Å². The molecule has 0 aliphatic carbocycles. The average Bonchev–Trinajstić information content (AvgIpc) is 2.47. The number of carboxylic acid groups (broad SMARTS) is 1. The van der Waals surface area contributed by atoms with E-state index in [1.54, 1.807) is 13.8 Å². The predicted octanol–water partition coefficient (Wildman–Crippen LogP) is 2.54. The molecule has 22 heavy (non-hydrogen) atoms. The van der Waals surface area contributed by atoms with E-state index in [2.05, 4.69) is 5.32 Å².